The van der Waals surface area contributed by atoms with E-state index in [-0.39, 0.29) is 4.83 Å². The van der Waals surface area contributed by atoms with Crippen LogP contribution in [-0.4, -0.2) is 14.8 Å². The van der Waals surface area contributed by atoms with Crippen LogP contribution in [0, 0.1) is 13.8 Å². The number of aryl methyl sites for hydroxylation is 2. The van der Waals surface area contributed by atoms with E-state index in [0.717, 1.165) is 29.9 Å². The lowest BCUT2D eigenvalue weighted by atomic mass is 10.1. The molecule has 1 heterocycles. The van der Waals surface area contributed by atoms with Crippen LogP contribution >= 0.6 is 31.9 Å². The van der Waals surface area contributed by atoms with E-state index in [0.29, 0.717) is 4.83 Å². The van der Waals surface area contributed by atoms with Gasteiger partial charge in [-0.3, -0.25) is 9.97 Å². The van der Waals surface area contributed by atoms with Crippen molar-refractivity contribution in [2.75, 3.05) is 0 Å². The number of halogens is 2. The summed E-state index contributed by atoms with van der Waals surface area (Å²) in [6, 6.07) is 0. The Hall–Kier alpha value is 0.0400. The first-order valence-corrected chi connectivity index (χ1v) is 6.97. The smallest absolute Gasteiger partial charge is 0.0766 e. The summed E-state index contributed by atoms with van der Waals surface area (Å²) in [5, 5.41) is 0. The Bertz CT molecular complexity index is 328. The number of aromatic nitrogens is 2. The minimum Gasteiger partial charge on any atom is -0.258 e. The Morgan fingerprint density at radius 2 is 2.00 bits per heavy atom. The highest BCUT2D eigenvalue weighted by molar-refractivity contribution is 9.12. The average molecular weight is 336 g/mol. The van der Waals surface area contributed by atoms with Crippen molar-refractivity contribution in [2.24, 2.45) is 0 Å². The van der Waals surface area contributed by atoms with Gasteiger partial charge in [0.05, 0.1) is 21.9 Å². The van der Waals surface area contributed by atoms with Gasteiger partial charge in [-0.25, -0.2) is 0 Å². The highest BCUT2D eigenvalue weighted by atomic mass is 79.9. The second-order valence-electron chi connectivity index (χ2n) is 3.69. The lowest BCUT2D eigenvalue weighted by Gasteiger charge is -2.17. The normalized spacial score (nSPS) is 15.0. The average Bonchev–Trinajstić information content (AvgIpc) is 2.21. The predicted molar refractivity (Wildman–Crippen MR) is 70.8 cm³/mol. The standard InChI is InChI=1S/C11H16Br2N2/c1-4-5-9(12)10(13)11-8(3)14-6-7(2)15-11/h6,9-10H,4-5H2,1-3H3/t9-,10-/m0/s1. The Labute approximate surface area is 108 Å². The molecule has 1 rings (SSSR count). The molecule has 0 bridgehead atoms. The number of rotatable bonds is 4. The maximum absolute atomic E-state index is 4.54. The van der Waals surface area contributed by atoms with Crippen molar-refractivity contribution in [1.82, 2.24) is 9.97 Å². The largest absolute Gasteiger partial charge is 0.258 e. The van der Waals surface area contributed by atoms with E-state index >= 15 is 0 Å². The van der Waals surface area contributed by atoms with E-state index in [4.69, 9.17) is 0 Å². The van der Waals surface area contributed by atoms with Crippen LogP contribution in [0.2, 0.25) is 0 Å². The first-order valence-electron chi connectivity index (χ1n) is 5.14. The van der Waals surface area contributed by atoms with Gasteiger partial charge in [-0.1, -0.05) is 45.2 Å². The molecule has 1 aromatic rings. The minimum atomic E-state index is 0.241. The number of hydrogen-bond acceptors (Lipinski definition) is 2. The molecular formula is C11H16Br2N2. The molecule has 0 aliphatic rings. The highest BCUT2D eigenvalue weighted by Crippen LogP contribution is 2.33. The van der Waals surface area contributed by atoms with Gasteiger partial charge < -0.3 is 0 Å². The molecule has 0 radical (unpaired) electrons. The first-order chi connectivity index (χ1) is 7.06. The van der Waals surface area contributed by atoms with Gasteiger partial charge in [0, 0.05) is 11.0 Å². The van der Waals surface area contributed by atoms with Crippen LogP contribution < -0.4 is 0 Å². The fourth-order valence-corrected chi connectivity index (χ4v) is 2.82. The fraction of sp³-hybridized carbons (Fsp3) is 0.636. The number of hydrogen-bond donors (Lipinski definition) is 0. The zero-order valence-electron chi connectivity index (χ0n) is 9.30. The molecule has 0 aromatic carbocycles. The summed E-state index contributed by atoms with van der Waals surface area (Å²) in [6.45, 7) is 6.16. The van der Waals surface area contributed by atoms with Crippen LogP contribution in [0.15, 0.2) is 6.20 Å². The molecule has 0 amide bonds. The fourth-order valence-electron chi connectivity index (χ4n) is 1.41. The molecule has 0 aliphatic heterocycles. The third-order valence-electron chi connectivity index (χ3n) is 2.26. The lowest BCUT2D eigenvalue weighted by Crippen LogP contribution is -2.11. The zero-order valence-corrected chi connectivity index (χ0v) is 12.5. The summed E-state index contributed by atoms with van der Waals surface area (Å²) in [7, 11) is 0. The molecule has 0 spiro atoms. The summed E-state index contributed by atoms with van der Waals surface area (Å²) in [6.07, 6.45) is 4.10. The van der Waals surface area contributed by atoms with Crippen molar-refractivity contribution >= 4 is 31.9 Å². The Morgan fingerprint density at radius 1 is 1.33 bits per heavy atom. The molecule has 0 saturated heterocycles. The van der Waals surface area contributed by atoms with Gasteiger partial charge in [-0.2, -0.15) is 0 Å². The molecule has 84 valence electrons. The Balaban J connectivity index is 2.89. The molecule has 0 N–H and O–H groups in total. The van der Waals surface area contributed by atoms with Gasteiger partial charge in [0.2, 0.25) is 0 Å². The molecule has 2 atom stereocenters. The maximum atomic E-state index is 4.54. The van der Waals surface area contributed by atoms with Gasteiger partial charge >= 0.3 is 0 Å². The molecular weight excluding hydrogens is 320 g/mol. The number of alkyl halides is 2. The van der Waals surface area contributed by atoms with Crippen LogP contribution in [0.5, 0.6) is 0 Å². The Morgan fingerprint density at radius 3 is 2.60 bits per heavy atom. The lowest BCUT2D eigenvalue weighted by molar-refractivity contribution is 0.720. The SMILES string of the molecule is CCC[C@H](Br)[C@H](Br)c1nc(C)cnc1C. The predicted octanol–water partition coefficient (Wildman–Crippen LogP) is 4.09. The molecule has 0 fully saturated rings. The molecule has 0 saturated carbocycles. The second-order valence-corrected chi connectivity index (χ2v) is 5.85. The molecule has 0 unspecified atom stereocenters. The van der Waals surface area contributed by atoms with E-state index in [1.807, 2.05) is 20.0 Å². The van der Waals surface area contributed by atoms with E-state index in [1.54, 1.807) is 0 Å². The van der Waals surface area contributed by atoms with Crippen LogP contribution in [0.25, 0.3) is 0 Å². The van der Waals surface area contributed by atoms with E-state index in [2.05, 4.69) is 48.8 Å². The van der Waals surface area contributed by atoms with E-state index < -0.39 is 0 Å². The maximum Gasteiger partial charge on any atom is 0.0766 e. The second kappa shape index (κ2) is 5.94. The van der Waals surface area contributed by atoms with Crippen molar-refractivity contribution in [1.29, 1.82) is 0 Å². The van der Waals surface area contributed by atoms with Crippen LogP contribution in [0.1, 0.15) is 41.7 Å². The van der Waals surface area contributed by atoms with Gasteiger partial charge in [0.1, 0.15) is 0 Å². The first kappa shape index (κ1) is 13.1. The monoisotopic (exact) mass is 334 g/mol. The summed E-state index contributed by atoms with van der Waals surface area (Å²) in [5.74, 6) is 0. The van der Waals surface area contributed by atoms with Crippen molar-refractivity contribution in [3.8, 4) is 0 Å². The summed E-state index contributed by atoms with van der Waals surface area (Å²) in [5.41, 5.74) is 3.02. The molecule has 2 nitrogen and oxygen atoms in total. The topological polar surface area (TPSA) is 25.8 Å². The third kappa shape index (κ3) is 3.52. The summed E-state index contributed by atoms with van der Waals surface area (Å²) < 4.78 is 0. The van der Waals surface area contributed by atoms with E-state index in [9.17, 15) is 0 Å². The van der Waals surface area contributed by atoms with Crippen LogP contribution in [0.3, 0.4) is 0 Å². The van der Waals surface area contributed by atoms with Crippen molar-refractivity contribution in [3.63, 3.8) is 0 Å². The molecule has 15 heavy (non-hydrogen) atoms. The van der Waals surface area contributed by atoms with Gasteiger partial charge in [0.15, 0.2) is 0 Å². The molecule has 1 aromatic heterocycles. The molecule has 4 heteroatoms. The quantitative estimate of drug-likeness (QED) is 0.774. The molecule has 0 aliphatic carbocycles. The van der Waals surface area contributed by atoms with Gasteiger partial charge in [0.25, 0.3) is 0 Å². The highest BCUT2D eigenvalue weighted by Gasteiger charge is 2.20. The van der Waals surface area contributed by atoms with Gasteiger partial charge in [-0.05, 0) is 20.3 Å². The minimum absolute atomic E-state index is 0.241. The van der Waals surface area contributed by atoms with Crippen LogP contribution in [0.4, 0.5) is 0 Å². The third-order valence-corrected chi connectivity index (χ3v) is 5.02. The van der Waals surface area contributed by atoms with Gasteiger partial charge in [-0.15, -0.1) is 0 Å². The van der Waals surface area contributed by atoms with Crippen molar-refractivity contribution in [3.05, 3.63) is 23.3 Å². The summed E-state index contributed by atoms with van der Waals surface area (Å²) >= 11 is 7.37. The van der Waals surface area contributed by atoms with E-state index in [1.165, 1.54) is 0 Å². The summed E-state index contributed by atoms with van der Waals surface area (Å²) in [4.78, 5) is 9.52. The number of nitrogens with zero attached hydrogens (tertiary/aromatic N) is 2. The van der Waals surface area contributed by atoms with Crippen molar-refractivity contribution in [2.45, 2.75) is 43.3 Å². The zero-order chi connectivity index (χ0) is 11.4. The Kier molecular flexibility index (Phi) is 5.19. The van der Waals surface area contributed by atoms with Crippen molar-refractivity contribution < 1.29 is 0 Å². The van der Waals surface area contributed by atoms with Crippen LogP contribution in [-0.2, 0) is 0 Å².